The van der Waals surface area contributed by atoms with Crippen LogP contribution in [-0.4, -0.2) is 11.6 Å². The van der Waals surface area contributed by atoms with Gasteiger partial charge in [0.1, 0.15) is 5.82 Å². The summed E-state index contributed by atoms with van der Waals surface area (Å²) in [6.45, 7) is 2.77. The number of nitrogens with zero attached hydrogens (tertiary/aromatic N) is 2. The second kappa shape index (κ2) is 5.25. The third-order valence-corrected chi connectivity index (χ3v) is 3.83. The Kier molecular flexibility index (Phi) is 3.71. The van der Waals surface area contributed by atoms with Crippen molar-refractivity contribution in [3.8, 4) is 0 Å². The minimum atomic E-state index is -0.0508. The lowest BCUT2D eigenvalue weighted by molar-refractivity contribution is -0.689. The molecule has 5 heteroatoms. The number of hydrogen-bond donors (Lipinski definition) is 1. The fourth-order valence-electron chi connectivity index (χ4n) is 1.67. The highest BCUT2D eigenvalue weighted by molar-refractivity contribution is 7.09. The van der Waals surface area contributed by atoms with E-state index in [1.165, 1.54) is 10.6 Å². The second-order valence-corrected chi connectivity index (χ2v) is 4.84. The molecule has 0 saturated heterocycles. The van der Waals surface area contributed by atoms with E-state index < -0.39 is 0 Å². The van der Waals surface area contributed by atoms with E-state index in [9.17, 15) is 5.11 Å². The largest absolute Gasteiger partial charge is 0.854 e. The number of thiazole rings is 1. The lowest BCUT2D eigenvalue weighted by Crippen LogP contribution is -2.35. The van der Waals surface area contributed by atoms with E-state index >= 15 is 0 Å². The highest BCUT2D eigenvalue weighted by atomic mass is 32.1. The first-order chi connectivity index (χ1) is 8.20. The predicted octanol–water partition coefficient (Wildman–Crippen LogP) is 0.272. The summed E-state index contributed by atoms with van der Waals surface area (Å²) in [7, 11) is 0. The molecule has 90 valence electrons. The number of rotatable bonds is 4. The summed E-state index contributed by atoms with van der Waals surface area (Å²) in [5.41, 5.74) is 9.87. The van der Waals surface area contributed by atoms with Gasteiger partial charge in [0.25, 0.3) is 0 Å². The van der Waals surface area contributed by atoms with Crippen molar-refractivity contribution in [2.45, 2.75) is 19.9 Å². The Bertz CT molecular complexity index is 493. The zero-order chi connectivity index (χ0) is 12.3. The molecule has 0 unspecified atom stereocenters. The van der Waals surface area contributed by atoms with Crippen LogP contribution in [0.25, 0.3) is 0 Å². The Morgan fingerprint density at radius 1 is 1.47 bits per heavy atom. The second-order valence-electron chi connectivity index (χ2n) is 3.91. The maximum Gasteiger partial charge on any atom is 0.225 e. The fraction of sp³-hybridized carbons (Fsp3) is 0.333. The van der Waals surface area contributed by atoms with Crippen LogP contribution in [0.2, 0.25) is 0 Å². The number of aromatic nitrogens is 2. The maximum absolute atomic E-state index is 10.6. The fourth-order valence-corrected chi connectivity index (χ4v) is 2.64. The maximum atomic E-state index is 10.6. The van der Waals surface area contributed by atoms with Crippen LogP contribution in [0.15, 0.2) is 23.8 Å². The molecule has 4 nitrogen and oxygen atoms in total. The minimum absolute atomic E-state index is 0.0508. The molecule has 0 radical (unpaired) electrons. The summed E-state index contributed by atoms with van der Waals surface area (Å²) in [5.74, 6) is 0.535. The number of nitrogen functional groups attached to an aromatic ring is 1. The average molecular weight is 249 g/mol. The SMILES string of the molecule is Cc1c(CC[O-])sc[n+]1Cc1ccc(N)nc1. The molecular weight excluding hydrogens is 234 g/mol. The van der Waals surface area contributed by atoms with Crippen molar-refractivity contribution >= 4 is 17.2 Å². The summed E-state index contributed by atoms with van der Waals surface area (Å²) < 4.78 is 2.14. The summed E-state index contributed by atoms with van der Waals surface area (Å²) in [6, 6.07) is 3.77. The standard InChI is InChI=1S/C12H15N3OS/c1-9-11(4-5-16)17-8-15(9)7-10-2-3-12(13)14-6-10/h2-3,6,8H,4-5,7H2,1H3,(H2,13,14). The van der Waals surface area contributed by atoms with Crippen molar-refractivity contribution in [1.82, 2.24) is 4.98 Å². The van der Waals surface area contributed by atoms with Crippen molar-refractivity contribution in [1.29, 1.82) is 0 Å². The van der Waals surface area contributed by atoms with Gasteiger partial charge < -0.3 is 10.8 Å². The minimum Gasteiger partial charge on any atom is -0.854 e. The molecule has 2 rings (SSSR count). The molecule has 2 aromatic heterocycles. The van der Waals surface area contributed by atoms with Crippen LogP contribution in [0.1, 0.15) is 16.1 Å². The molecule has 2 aromatic rings. The molecule has 2 N–H and O–H groups in total. The molecular formula is C12H15N3OS. The number of hydrogen-bond acceptors (Lipinski definition) is 4. The monoisotopic (exact) mass is 249 g/mol. The average Bonchev–Trinajstić information content (AvgIpc) is 2.65. The van der Waals surface area contributed by atoms with E-state index in [1.807, 2.05) is 13.0 Å². The van der Waals surface area contributed by atoms with Crippen LogP contribution in [0.5, 0.6) is 0 Å². The van der Waals surface area contributed by atoms with E-state index in [4.69, 9.17) is 5.73 Å². The number of pyridine rings is 1. The zero-order valence-corrected chi connectivity index (χ0v) is 10.5. The molecule has 0 amide bonds. The summed E-state index contributed by atoms with van der Waals surface area (Å²) >= 11 is 1.64. The van der Waals surface area contributed by atoms with Gasteiger partial charge in [-0.2, -0.15) is 4.57 Å². The van der Waals surface area contributed by atoms with Gasteiger partial charge in [-0.15, -0.1) is 6.61 Å². The summed E-state index contributed by atoms with van der Waals surface area (Å²) in [6.07, 6.45) is 2.40. The van der Waals surface area contributed by atoms with Gasteiger partial charge in [0.05, 0.1) is 4.88 Å². The first-order valence-corrected chi connectivity index (χ1v) is 6.33. The summed E-state index contributed by atoms with van der Waals surface area (Å²) in [5, 5.41) is 10.6. The molecule has 0 fully saturated rings. The molecule has 0 aliphatic heterocycles. The number of nitrogens with two attached hydrogens (primary N) is 1. The van der Waals surface area contributed by atoms with Gasteiger partial charge in [-0.05, 0) is 18.6 Å². The molecule has 0 spiro atoms. The van der Waals surface area contributed by atoms with Gasteiger partial charge in [0.2, 0.25) is 5.51 Å². The van der Waals surface area contributed by atoms with Crippen LogP contribution in [0, 0.1) is 6.92 Å². The normalized spacial score (nSPS) is 10.7. The summed E-state index contributed by atoms with van der Waals surface area (Å²) in [4.78, 5) is 5.24. The smallest absolute Gasteiger partial charge is 0.225 e. The van der Waals surface area contributed by atoms with E-state index in [0.29, 0.717) is 12.2 Å². The highest BCUT2D eigenvalue weighted by Gasteiger charge is 2.14. The molecule has 0 saturated carbocycles. The van der Waals surface area contributed by atoms with E-state index in [-0.39, 0.29) is 6.61 Å². The molecule has 0 bridgehead atoms. The quantitative estimate of drug-likeness (QED) is 0.791. The Balaban J connectivity index is 2.16. The molecule has 2 heterocycles. The Hall–Kier alpha value is -1.46. The van der Waals surface area contributed by atoms with Crippen molar-refractivity contribution in [3.63, 3.8) is 0 Å². The zero-order valence-electron chi connectivity index (χ0n) is 9.72. The third-order valence-electron chi connectivity index (χ3n) is 2.69. The van der Waals surface area contributed by atoms with Crippen molar-refractivity contribution in [3.05, 3.63) is 40.0 Å². The Morgan fingerprint density at radius 3 is 2.94 bits per heavy atom. The Morgan fingerprint density at radius 2 is 2.29 bits per heavy atom. The van der Waals surface area contributed by atoms with Gasteiger partial charge in [-0.1, -0.05) is 11.3 Å². The van der Waals surface area contributed by atoms with E-state index in [2.05, 4.69) is 15.1 Å². The van der Waals surface area contributed by atoms with Crippen LogP contribution in [0.3, 0.4) is 0 Å². The third kappa shape index (κ3) is 2.81. The number of anilines is 1. The van der Waals surface area contributed by atoms with Gasteiger partial charge >= 0.3 is 0 Å². The molecule has 0 aromatic carbocycles. The van der Waals surface area contributed by atoms with Crippen LogP contribution < -0.4 is 15.4 Å². The van der Waals surface area contributed by atoms with Gasteiger partial charge in [0, 0.05) is 18.7 Å². The van der Waals surface area contributed by atoms with Crippen LogP contribution in [0.4, 0.5) is 5.82 Å². The predicted molar refractivity (Wildman–Crippen MR) is 65.6 cm³/mol. The van der Waals surface area contributed by atoms with E-state index in [0.717, 1.165) is 12.1 Å². The van der Waals surface area contributed by atoms with Crippen LogP contribution in [-0.2, 0) is 13.0 Å². The Labute approximate surface area is 104 Å². The van der Waals surface area contributed by atoms with Gasteiger partial charge in [-0.25, -0.2) is 4.98 Å². The van der Waals surface area contributed by atoms with Crippen molar-refractivity contribution in [2.24, 2.45) is 0 Å². The van der Waals surface area contributed by atoms with Crippen LogP contribution >= 0.6 is 11.3 Å². The topological polar surface area (TPSA) is 65.8 Å². The van der Waals surface area contributed by atoms with Gasteiger partial charge in [-0.3, -0.25) is 0 Å². The van der Waals surface area contributed by atoms with E-state index in [1.54, 1.807) is 23.6 Å². The van der Waals surface area contributed by atoms with Crippen molar-refractivity contribution < 1.29 is 9.67 Å². The lowest BCUT2D eigenvalue weighted by atomic mass is 10.2. The first kappa shape index (κ1) is 12.0. The molecule has 0 atom stereocenters. The first-order valence-electron chi connectivity index (χ1n) is 5.45. The molecule has 0 aliphatic rings. The molecule has 17 heavy (non-hydrogen) atoms. The highest BCUT2D eigenvalue weighted by Crippen LogP contribution is 2.12. The van der Waals surface area contributed by atoms with Gasteiger partial charge in [0.15, 0.2) is 12.2 Å². The van der Waals surface area contributed by atoms with Crippen molar-refractivity contribution in [2.75, 3.05) is 12.3 Å². The molecule has 0 aliphatic carbocycles. The lowest BCUT2D eigenvalue weighted by Gasteiger charge is -2.00.